The van der Waals surface area contributed by atoms with E-state index < -0.39 is 35.4 Å². The minimum atomic E-state index is -0.842. The molecule has 0 saturated heterocycles. The molecule has 1 rings (SSSR count). The van der Waals surface area contributed by atoms with Gasteiger partial charge in [-0.15, -0.1) is 0 Å². The number of anilines is 1. The van der Waals surface area contributed by atoms with Gasteiger partial charge in [0.15, 0.2) is 5.78 Å². The quantitative estimate of drug-likeness (QED) is 0.0686. The van der Waals surface area contributed by atoms with Crippen molar-refractivity contribution >= 4 is 47.0 Å². The zero-order chi connectivity index (χ0) is 43.7. The summed E-state index contributed by atoms with van der Waals surface area (Å²) in [5, 5.41) is 10.7. The Morgan fingerprint density at radius 1 is 0.690 bits per heavy atom. The fourth-order valence-electron chi connectivity index (χ4n) is 5.31. The van der Waals surface area contributed by atoms with E-state index in [-0.39, 0.29) is 99.8 Å². The van der Waals surface area contributed by atoms with E-state index in [1.165, 1.54) is 0 Å². The van der Waals surface area contributed by atoms with Crippen LogP contribution in [0.25, 0.3) is 0 Å². The molecule has 16 nitrogen and oxygen atoms in total. The number of hydrogen-bond acceptors (Lipinski definition) is 11. The second-order valence-electron chi connectivity index (χ2n) is 16.6. The van der Waals surface area contributed by atoms with Crippen LogP contribution < -0.4 is 27.0 Å². The summed E-state index contributed by atoms with van der Waals surface area (Å²) in [7, 11) is 0. The molecule has 0 spiro atoms. The highest BCUT2D eigenvalue weighted by Crippen LogP contribution is 2.21. The monoisotopic (exact) mass is 819 g/mol. The number of primary amides is 1. The molecule has 1 aromatic carbocycles. The van der Waals surface area contributed by atoms with Gasteiger partial charge in [0.1, 0.15) is 18.2 Å². The molecule has 0 bridgehead atoms. The van der Waals surface area contributed by atoms with Crippen LogP contribution in [0.3, 0.4) is 0 Å². The molecular weight excluding hydrogens is 750 g/mol. The second kappa shape index (κ2) is 27.3. The van der Waals surface area contributed by atoms with Crippen LogP contribution in [0.1, 0.15) is 106 Å². The zero-order valence-corrected chi connectivity index (χ0v) is 35.9. The summed E-state index contributed by atoms with van der Waals surface area (Å²) in [5.74, 6) is -1.88. The molecule has 0 heterocycles. The van der Waals surface area contributed by atoms with Crippen molar-refractivity contribution in [3.63, 3.8) is 0 Å². The summed E-state index contributed by atoms with van der Waals surface area (Å²) in [4.78, 5) is 87.0. The number of carbonyl (C=O) groups is 7. The number of nitrogens with two attached hydrogens (primary N) is 1. The molecule has 0 radical (unpaired) electrons. The first kappa shape index (κ1) is 51.6. The second-order valence-corrected chi connectivity index (χ2v) is 16.6. The maximum atomic E-state index is 13.5. The number of urea groups is 1. The van der Waals surface area contributed by atoms with Crippen LogP contribution in [-0.2, 0) is 49.5 Å². The van der Waals surface area contributed by atoms with Crippen LogP contribution in [0.15, 0.2) is 24.3 Å². The number of benzene rings is 1. The third-order valence-corrected chi connectivity index (χ3v) is 8.97. The van der Waals surface area contributed by atoms with E-state index in [1.54, 1.807) is 38.1 Å². The van der Waals surface area contributed by atoms with Crippen molar-refractivity contribution in [2.75, 3.05) is 58.0 Å². The first-order valence-corrected chi connectivity index (χ1v) is 20.2. The fraction of sp³-hybridized carbons (Fsp3) is 0.690. The van der Waals surface area contributed by atoms with E-state index in [9.17, 15) is 33.6 Å². The van der Waals surface area contributed by atoms with Crippen molar-refractivity contribution < 1.29 is 52.5 Å². The molecule has 0 aliphatic heterocycles. The first-order valence-electron chi connectivity index (χ1n) is 20.2. The highest BCUT2D eigenvalue weighted by Gasteiger charge is 2.30. The molecule has 0 fully saturated rings. The van der Waals surface area contributed by atoms with Gasteiger partial charge < -0.3 is 45.9 Å². The Kier molecular flexibility index (Phi) is 24.3. The SMILES string of the molecule is CC(C)[C@@H](NC(=O)CCOCCC(=O)C(C)(C)C)C(=O)C[C@H](CCCNC(N)=O)C(=O)Nc1ccc(COC(=O)NCCOCCOCCCC(=O)C(C)(C)C)cc1. The predicted octanol–water partition coefficient (Wildman–Crippen LogP) is 4.86. The Bertz CT molecular complexity index is 1450. The van der Waals surface area contributed by atoms with E-state index in [0.717, 1.165) is 0 Å². The van der Waals surface area contributed by atoms with Gasteiger partial charge in [-0.25, -0.2) is 9.59 Å². The molecule has 1 aromatic rings. The van der Waals surface area contributed by atoms with Gasteiger partial charge in [0, 0.05) is 67.8 Å². The third-order valence-electron chi connectivity index (χ3n) is 8.97. The zero-order valence-electron chi connectivity index (χ0n) is 35.9. The molecule has 0 aliphatic carbocycles. The number of Topliss-reactive ketones (excluding diaryl/α,β-unsaturated/α-hetero) is 3. The van der Waals surface area contributed by atoms with Crippen LogP contribution in [-0.4, -0.2) is 100 Å². The Labute approximate surface area is 344 Å². The highest BCUT2D eigenvalue weighted by molar-refractivity contribution is 5.97. The summed E-state index contributed by atoms with van der Waals surface area (Å²) in [6.45, 7) is 17.0. The van der Waals surface area contributed by atoms with Crippen LogP contribution in [0.4, 0.5) is 15.3 Å². The summed E-state index contributed by atoms with van der Waals surface area (Å²) >= 11 is 0. The van der Waals surface area contributed by atoms with Gasteiger partial charge in [-0.2, -0.15) is 0 Å². The average molecular weight is 820 g/mol. The Morgan fingerprint density at radius 2 is 1.28 bits per heavy atom. The Hall–Kier alpha value is -4.41. The van der Waals surface area contributed by atoms with Gasteiger partial charge in [-0.1, -0.05) is 67.5 Å². The fourth-order valence-corrected chi connectivity index (χ4v) is 5.31. The van der Waals surface area contributed by atoms with Crippen molar-refractivity contribution in [2.45, 2.75) is 113 Å². The number of amides is 5. The molecule has 58 heavy (non-hydrogen) atoms. The maximum Gasteiger partial charge on any atom is 0.407 e. The standard InChI is InChI=1S/C42H69N5O11/c1-29(2)37(47-36(51)18-23-56-22-17-35(50)42(6,7)8)33(48)27-31(11-9-19-44-39(43)53)38(52)46-32-15-13-30(14-16-32)28-58-40(54)45-20-24-57-26-25-55-21-10-12-34(49)41(3,4)5/h13-16,29,31,37H,9-12,17-28H2,1-8H3,(H,45,54)(H,46,52)(H,47,51)(H3,43,44,53)/t31-,37+/m0/s1. The summed E-state index contributed by atoms with van der Waals surface area (Å²) in [5.41, 5.74) is 5.51. The molecule has 6 N–H and O–H groups in total. The van der Waals surface area contributed by atoms with Crippen molar-refractivity contribution in [3.05, 3.63) is 29.8 Å². The maximum absolute atomic E-state index is 13.5. The smallest absolute Gasteiger partial charge is 0.407 e. The number of rotatable bonds is 29. The van der Waals surface area contributed by atoms with E-state index in [4.69, 9.17) is 24.7 Å². The lowest BCUT2D eigenvalue weighted by Crippen LogP contribution is -2.45. The van der Waals surface area contributed by atoms with Crippen molar-refractivity contribution in [1.29, 1.82) is 0 Å². The number of ketones is 3. The van der Waals surface area contributed by atoms with Crippen LogP contribution in [0.2, 0.25) is 0 Å². The minimum absolute atomic E-state index is 0.00495. The van der Waals surface area contributed by atoms with Crippen molar-refractivity contribution in [3.8, 4) is 0 Å². The van der Waals surface area contributed by atoms with Crippen molar-refractivity contribution in [1.82, 2.24) is 16.0 Å². The first-order chi connectivity index (χ1) is 27.2. The van der Waals surface area contributed by atoms with E-state index in [0.29, 0.717) is 50.3 Å². The van der Waals surface area contributed by atoms with Gasteiger partial charge in [0.2, 0.25) is 11.8 Å². The van der Waals surface area contributed by atoms with Gasteiger partial charge in [-0.05, 0) is 42.9 Å². The van der Waals surface area contributed by atoms with E-state index >= 15 is 0 Å². The molecule has 328 valence electrons. The minimum Gasteiger partial charge on any atom is -0.445 e. The summed E-state index contributed by atoms with van der Waals surface area (Å²) in [6, 6.07) is 5.15. The van der Waals surface area contributed by atoms with Crippen molar-refractivity contribution in [2.24, 2.45) is 28.4 Å². The van der Waals surface area contributed by atoms with Gasteiger partial charge in [-0.3, -0.25) is 24.0 Å². The van der Waals surface area contributed by atoms with Gasteiger partial charge >= 0.3 is 12.1 Å². The highest BCUT2D eigenvalue weighted by atomic mass is 16.5. The predicted molar refractivity (Wildman–Crippen MR) is 220 cm³/mol. The normalized spacial score (nSPS) is 12.6. The van der Waals surface area contributed by atoms with Gasteiger partial charge in [0.05, 0.1) is 39.1 Å². The molecule has 0 aromatic heterocycles. The lowest BCUT2D eigenvalue weighted by atomic mass is 9.88. The largest absolute Gasteiger partial charge is 0.445 e. The molecule has 5 amide bonds. The number of carbonyl (C=O) groups excluding carboxylic acids is 7. The lowest BCUT2D eigenvalue weighted by molar-refractivity contribution is -0.131. The average Bonchev–Trinajstić information content (AvgIpc) is 3.13. The van der Waals surface area contributed by atoms with Crippen LogP contribution >= 0.6 is 0 Å². The Balaban J connectivity index is 2.58. The molecule has 16 heteroatoms. The van der Waals surface area contributed by atoms with Crippen LogP contribution in [0.5, 0.6) is 0 Å². The van der Waals surface area contributed by atoms with Crippen LogP contribution in [0, 0.1) is 22.7 Å². The number of hydrogen-bond donors (Lipinski definition) is 5. The number of alkyl carbamates (subject to hydrolysis) is 1. The number of ether oxygens (including phenoxy) is 4. The Morgan fingerprint density at radius 3 is 1.88 bits per heavy atom. The summed E-state index contributed by atoms with van der Waals surface area (Å²) in [6.07, 6.45) is 1.26. The van der Waals surface area contributed by atoms with E-state index in [2.05, 4.69) is 21.3 Å². The molecule has 0 aliphatic rings. The molecular formula is C42H69N5O11. The topological polar surface area (TPSA) is 231 Å². The molecule has 0 unspecified atom stereocenters. The molecule has 2 atom stereocenters. The number of nitrogens with one attached hydrogen (secondary N) is 4. The molecule has 0 saturated carbocycles. The van der Waals surface area contributed by atoms with E-state index in [1.807, 2.05) is 41.5 Å². The summed E-state index contributed by atoms with van der Waals surface area (Å²) < 4.78 is 21.7. The third kappa shape index (κ3) is 23.7. The van der Waals surface area contributed by atoms with Gasteiger partial charge in [0.25, 0.3) is 0 Å². The lowest BCUT2D eigenvalue weighted by Gasteiger charge is -2.24.